The SMILES string of the molecule is Cc1ccc(C(=O)O[C@H](C(=O)N(C)C)c2ccccc2)c(C)c1. The lowest BCUT2D eigenvalue weighted by Gasteiger charge is -2.21. The van der Waals surface area contributed by atoms with E-state index in [-0.39, 0.29) is 5.91 Å². The predicted molar refractivity (Wildman–Crippen MR) is 89.2 cm³/mol. The van der Waals surface area contributed by atoms with Crippen LogP contribution in [0.5, 0.6) is 0 Å². The number of ether oxygens (including phenoxy) is 1. The maximum Gasteiger partial charge on any atom is 0.339 e. The van der Waals surface area contributed by atoms with Crippen molar-refractivity contribution in [2.75, 3.05) is 14.1 Å². The summed E-state index contributed by atoms with van der Waals surface area (Å²) in [5, 5.41) is 0. The third-order valence-electron chi connectivity index (χ3n) is 3.59. The molecule has 0 saturated carbocycles. The summed E-state index contributed by atoms with van der Waals surface area (Å²) in [6, 6.07) is 14.5. The van der Waals surface area contributed by atoms with Crippen molar-refractivity contribution in [1.82, 2.24) is 4.90 Å². The van der Waals surface area contributed by atoms with E-state index in [2.05, 4.69) is 0 Å². The second kappa shape index (κ2) is 7.09. The normalized spacial score (nSPS) is 11.7. The first-order chi connectivity index (χ1) is 10.9. The summed E-state index contributed by atoms with van der Waals surface area (Å²) in [5.41, 5.74) is 3.04. The van der Waals surface area contributed by atoms with Crippen molar-refractivity contribution in [3.05, 3.63) is 70.8 Å². The van der Waals surface area contributed by atoms with Gasteiger partial charge < -0.3 is 9.64 Å². The molecule has 2 rings (SSSR count). The molecule has 0 aliphatic carbocycles. The van der Waals surface area contributed by atoms with Crippen molar-refractivity contribution >= 4 is 11.9 Å². The number of hydrogen-bond donors (Lipinski definition) is 0. The molecule has 0 radical (unpaired) electrons. The van der Waals surface area contributed by atoms with Gasteiger partial charge in [-0.2, -0.15) is 0 Å². The zero-order valence-corrected chi connectivity index (χ0v) is 13.9. The fourth-order valence-corrected chi connectivity index (χ4v) is 2.34. The van der Waals surface area contributed by atoms with Crippen molar-refractivity contribution in [2.45, 2.75) is 20.0 Å². The quantitative estimate of drug-likeness (QED) is 0.814. The molecule has 1 atom stereocenters. The Morgan fingerprint density at radius 2 is 1.65 bits per heavy atom. The third kappa shape index (κ3) is 3.97. The van der Waals surface area contributed by atoms with Crippen molar-refractivity contribution < 1.29 is 14.3 Å². The monoisotopic (exact) mass is 311 g/mol. The number of benzene rings is 2. The summed E-state index contributed by atoms with van der Waals surface area (Å²) < 4.78 is 5.54. The number of likely N-dealkylation sites (N-methyl/N-ethyl adjacent to an activating group) is 1. The second-order valence-corrected chi connectivity index (χ2v) is 5.75. The zero-order chi connectivity index (χ0) is 17.0. The largest absolute Gasteiger partial charge is 0.444 e. The molecule has 0 fully saturated rings. The first kappa shape index (κ1) is 16.7. The Kier molecular flexibility index (Phi) is 5.16. The molecule has 0 saturated heterocycles. The number of carbonyl (C=O) groups excluding carboxylic acids is 2. The number of carbonyl (C=O) groups is 2. The molecular formula is C19H21NO3. The maximum atomic E-state index is 12.5. The highest BCUT2D eigenvalue weighted by Crippen LogP contribution is 2.22. The van der Waals surface area contributed by atoms with Crippen LogP contribution >= 0.6 is 0 Å². The Balaban J connectivity index is 2.30. The van der Waals surface area contributed by atoms with Gasteiger partial charge in [0.05, 0.1) is 5.56 Å². The van der Waals surface area contributed by atoms with Crippen LogP contribution in [-0.2, 0) is 9.53 Å². The number of nitrogens with zero attached hydrogens (tertiary/aromatic N) is 1. The molecule has 4 heteroatoms. The summed E-state index contributed by atoms with van der Waals surface area (Å²) in [5.74, 6) is -0.763. The van der Waals surface area contributed by atoms with Gasteiger partial charge in [0.1, 0.15) is 0 Å². The predicted octanol–water partition coefficient (Wildman–Crippen LogP) is 3.29. The number of aryl methyl sites for hydroxylation is 2. The van der Waals surface area contributed by atoms with Gasteiger partial charge in [0.25, 0.3) is 5.91 Å². The lowest BCUT2D eigenvalue weighted by Crippen LogP contribution is -2.31. The molecule has 1 amide bonds. The van der Waals surface area contributed by atoms with Crippen molar-refractivity contribution in [2.24, 2.45) is 0 Å². The zero-order valence-electron chi connectivity index (χ0n) is 13.9. The van der Waals surface area contributed by atoms with Crippen LogP contribution in [0.25, 0.3) is 0 Å². The van der Waals surface area contributed by atoms with E-state index in [9.17, 15) is 9.59 Å². The van der Waals surface area contributed by atoms with Crippen LogP contribution in [0.3, 0.4) is 0 Å². The first-order valence-electron chi connectivity index (χ1n) is 7.44. The number of hydrogen-bond acceptors (Lipinski definition) is 3. The molecule has 0 bridgehead atoms. The molecule has 0 aromatic heterocycles. The topological polar surface area (TPSA) is 46.6 Å². The highest BCUT2D eigenvalue weighted by molar-refractivity contribution is 5.93. The van der Waals surface area contributed by atoms with E-state index in [0.717, 1.165) is 11.1 Å². The molecule has 4 nitrogen and oxygen atoms in total. The summed E-state index contributed by atoms with van der Waals surface area (Å²) in [6.07, 6.45) is -0.945. The van der Waals surface area contributed by atoms with E-state index >= 15 is 0 Å². The van der Waals surface area contributed by atoms with E-state index in [1.54, 1.807) is 32.3 Å². The van der Waals surface area contributed by atoms with Gasteiger partial charge in [-0.25, -0.2) is 4.79 Å². The summed E-state index contributed by atoms with van der Waals surface area (Å²) >= 11 is 0. The molecule has 120 valence electrons. The van der Waals surface area contributed by atoms with Gasteiger partial charge in [0.15, 0.2) is 0 Å². The number of esters is 1. The van der Waals surface area contributed by atoms with Gasteiger partial charge in [-0.3, -0.25) is 4.79 Å². The average Bonchev–Trinajstić information content (AvgIpc) is 2.52. The number of amides is 1. The van der Waals surface area contributed by atoms with Crippen LogP contribution in [-0.4, -0.2) is 30.9 Å². The maximum absolute atomic E-state index is 12.5. The van der Waals surface area contributed by atoms with E-state index in [1.807, 2.05) is 44.2 Å². The standard InChI is InChI=1S/C19H21NO3/c1-13-10-11-16(14(2)12-13)19(22)23-17(18(21)20(3)4)15-8-6-5-7-9-15/h5-12,17H,1-4H3/t17-/m0/s1. The van der Waals surface area contributed by atoms with Crippen LogP contribution in [0.2, 0.25) is 0 Å². The average molecular weight is 311 g/mol. The fourth-order valence-electron chi connectivity index (χ4n) is 2.34. The molecular weight excluding hydrogens is 290 g/mol. The molecule has 0 spiro atoms. The molecule has 0 aliphatic rings. The van der Waals surface area contributed by atoms with E-state index in [4.69, 9.17) is 4.74 Å². The fraction of sp³-hybridized carbons (Fsp3) is 0.263. The van der Waals surface area contributed by atoms with E-state index < -0.39 is 12.1 Å². The molecule has 2 aromatic rings. The third-order valence-corrected chi connectivity index (χ3v) is 3.59. The molecule has 0 N–H and O–H groups in total. The Morgan fingerprint density at radius 3 is 2.22 bits per heavy atom. The summed E-state index contributed by atoms with van der Waals surface area (Å²) in [7, 11) is 3.28. The van der Waals surface area contributed by atoms with Crippen LogP contribution in [0.1, 0.15) is 33.2 Å². The van der Waals surface area contributed by atoms with Gasteiger partial charge in [-0.05, 0) is 25.5 Å². The van der Waals surface area contributed by atoms with Crippen LogP contribution in [0.15, 0.2) is 48.5 Å². The summed E-state index contributed by atoms with van der Waals surface area (Å²) in [4.78, 5) is 26.3. The highest BCUT2D eigenvalue weighted by Gasteiger charge is 2.27. The molecule has 2 aromatic carbocycles. The van der Waals surface area contributed by atoms with Crippen molar-refractivity contribution in [3.8, 4) is 0 Å². The van der Waals surface area contributed by atoms with Gasteiger partial charge in [0.2, 0.25) is 6.10 Å². The lowest BCUT2D eigenvalue weighted by molar-refractivity contribution is -0.138. The highest BCUT2D eigenvalue weighted by atomic mass is 16.5. The Bertz CT molecular complexity index is 708. The number of rotatable bonds is 4. The van der Waals surface area contributed by atoms with Crippen molar-refractivity contribution in [3.63, 3.8) is 0 Å². The molecule has 0 heterocycles. The van der Waals surface area contributed by atoms with E-state index in [0.29, 0.717) is 11.1 Å². The van der Waals surface area contributed by atoms with Gasteiger partial charge in [0, 0.05) is 19.7 Å². The Morgan fingerprint density at radius 1 is 1.00 bits per heavy atom. The smallest absolute Gasteiger partial charge is 0.339 e. The lowest BCUT2D eigenvalue weighted by atomic mass is 10.1. The van der Waals surface area contributed by atoms with E-state index in [1.165, 1.54) is 4.90 Å². The minimum Gasteiger partial charge on any atom is -0.444 e. The van der Waals surface area contributed by atoms with Crippen LogP contribution < -0.4 is 0 Å². The van der Waals surface area contributed by atoms with Crippen molar-refractivity contribution in [1.29, 1.82) is 0 Å². The Hall–Kier alpha value is -2.62. The minimum absolute atomic E-state index is 0.269. The molecule has 0 aliphatic heterocycles. The second-order valence-electron chi connectivity index (χ2n) is 5.75. The molecule has 0 unspecified atom stereocenters. The van der Waals surface area contributed by atoms with Gasteiger partial charge in [-0.1, -0.05) is 48.0 Å². The van der Waals surface area contributed by atoms with Crippen LogP contribution in [0.4, 0.5) is 0 Å². The minimum atomic E-state index is -0.945. The first-order valence-corrected chi connectivity index (χ1v) is 7.44. The van der Waals surface area contributed by atoms with Gasteiger partial charge >= 0.3 is 5.97 Å². The van der Waals surface area contributed by atoms with Crippen LogP contribution in [0, 0.1) is 13.8 Å². The van der Waals surface area contributed by atoms with Gasteiger partial charge in [-0.15, -0.1) is 0 Å². The Labute approximate surface area is 136 Å². The summed E-state index contributed by atoms with van der Waals surface area (Å²) in [6.45, 7) is 3.82. The molecule has 23 heavy (non-hydrogen) atoms.